The van der Waals surface area contributed by atoms with Gasteiger partial charge in [0, 0.05) is 5.30 Å². The van der Waals surface area contributed by atoms with Gasteiger partial charge < -0.3 is 14.0 Å². The Morgan fingerprint density at radius 1 is 0.833 bits per heavy atom. The zero-order valence-corrected chi connectivity index (χ0v) is 16.3. The standard InChI is InChI=1S/C19H33O4P/c1-4-7-15-21-19(22-16-8-5-2)24(20,23-17-9-6-3)18-13-11-10-12-14-18/h10-14,19H,4-9,15-17H2,1-3H3/t24-/m0/s1. The van der Waals surface area contributed by atoms with Gasteiger partial charge in [-0.05, 0) is 31.4 Å². The molecule has 0 fully saturated rings. The maximum atomic E-state index is 13.7. The van der Waals surface area contributed by atoms with Gasteiger partial charge in [-0.25, -0.2) is 0 Å². The van der Waals surface area contributed by atoms with E-state index in [9.17, 15) is 4.57 Å². The van der Waals surface area contributed by atoms with E-state index in [-0.39, 0.29) is 0 Å². The summed E-state index contributed by atoms with van der Waals surface area (Å²) in [6, 6.07) is 8.51. The normalized spacial score (nSPS) is 14.0. The van der Waals surface area contributed by atoms with Crippen LogP contribution in [0.5, 0.6) is 0 Å². The molecule has 138 valence electrons. The fourth-order valence-corrected chi connectivity index (χ4v) is 4.24. The Balaban J connectivity index is 2.96. The van der Waals surface area contributed by atoms with E-state index in [0.717, 1.165) is 38.5 Å². The SMILES string of the molecule is CCCCOC(OCCCC)[P@@](=O)(OCCCC)c1ccccc1. The Morgan fingerprint density at radius 3 is 1.83 bits per heavy atom. The van der Waals surface area contributed by atoms with Gasteiger partial charge in [-0.2, -0.15) is 0 Å². The highest BCUT2D eigenvalue weighted by Gasteiger charge is 2.38. The summed E-state index contributed by atoms with van der Waals surface area (Å²) in [6.07, 6.45) is 5.73. The van der Waals surface area contributed by atoms with Crippen LogP contribution in [0.1, 0.15) is 59.3 Å². The van der Waals surface area contributed by atoms with Crippen LogP contribution in [0, 0.1) is 0 Å². The number of hydrogen-bond acceptors (Lipinski definition) is 4. The fourth-order valence-electron chi connectivity index (χ4n) is 2.14. The molecule has 0 aromatic heterocycles. The summed E-state index contributed by atoms with van der Waals surface area (Å²) in [6.45, 7) is 7.80. The average molecular weight is 356 g/mol. The molecule has 0 unspecified atom stereocenters. The minimum atomic E-state index is -3.24. The monoisotopic (exact) mass is 356 g/mol. The summed E-state index contributed by atoms with van der Waals surface area (Å²) in [7, 11) is -3.24. The maximum absolute atomic E-state index is 13.7. The minimum absolute atomic E-state index is 0.452. The first-order valence-electron chi connectivity index (χ1n) is 9.22. The van der Waals surface area contributed by atoms with Crippen LogP contribution in [-0.4, -0.2) is 25.9 Å². The lowest BCUT2D eigenvalue weighted by Gasteiger charge is -2.28. The van der Waals surface area contributed by atoms with Crippen LogP contribution in [0.2, 0.25) is 0 Å². The molecule has 1 atom stereocenters. The fraction of sp³-hybridized carbons (Fsp3) is 0.684. The van der Waals surface area contributed by atoms with Crippen molar-refractivity contribution >= 4 is 12.7 Å². The number of rotatable bonds is 14. The van der Waals surface area contributed by atoms with Gasteiger partial charge in [0.05, 0.1) is 19.8 Å². The molecule has 0 amide bonds. The first-order valence-corrected chi connectivity index (χ1v) is 10.9. The number of unbranched alkanes of at least 4 members (excludes halogenated alkanes) is 3. The van der Waals surface area contributed by atoms with Crippen molar-refractivity contribution < 1.29 is 18.6 Å². The van der Waals surface area contributed by atoms with Crippen molar-refractivity contribution in [3.63, 3.8) is 0 Å². The van der Waals surface area contributed by atoms with Gasteiger partial charge in [0.15, 0.2) is 0 Å². The van der Waals surface area contributed by atoms with Crippen molar-refractivity contribution in [2.75, 3.05) is 19.8 Å². The van der Waals surface area contributed by atoms with E-state index >= 15 is 0 Å². The van der Waals surface area contributed by atoms with Gasteiger partial charge in [-0.15, -0.1) is 0 Å². The summed E-state index contributed by atoms with van der Waals surface area (Å²) in [5, 5.41) is 0.666. The second-order valence-electron chi connectivity index (χ2n) is 5.88. The highest BCUT2D eigenvalue weighted by atomic mass is 31.2. The summed E-state index contributed by atoms with van der Waals surface area (Å²) in [5.74, 6) is 0. The van der Waals surface area contributed by atoms with Crippen LogP contribution in [0.15, 0.2) is 30.3 Å². The third kappa shape index (κ3) is 7.06. The molecule has 4 nitrogen and oxygen atoms in total. The van der Waals surface area contributed by atoms with E-state index in [1.807, 2.05) is 30.3 Å². The average Bonchev–Trinajstić information content (AvgIpc) is 2.61. The zero-order valence-electron chi connectivity index (χ0n) is 15.4. The molecule has 0 heterocycles. The Hall–Kier alpha value is -0.670. The highest BCUT2D eigenvalue weighted by Crippen LogP contribution is 2.52. The summed E-state index contributed by atoms with van der Waals surface area (Å²) in [4.78, 5) is 0. The quantitative estimate of drug-likeness (QED) is 0.257. The predicted octanol–water partition coefficient (Wildman–Crippen LogP) is 5.32. The number of ether oxygens (including phenoxy) is 2. The van der Waals surface area contributed by atoms with Crippen molar-refractivity contribution in [3.05, 3.63) is 30.3 Å². The minimum Gasteiger partial charge on any atom is -0.344 e. The molecule has 0 aliphatic rings. The smallest absolute Gasteiger partial charge is 0.286 e. The molecule has 0 N–H and O–H groups in total. The van der Waals surface area contributed by atoms with Crippen LogP contribution in [0.25, 0.3) is 0 Å². The van der Waals surface area contributed by atoms with E-state index in [4.69, 9.17) is 14.0 Å². The molecule has 0 radical (unpaired) electrons. The molecule has 0 aliphatic carbocycles. The van der Waals surface area contributed by atoms with Crippen molar-refractivity contribution in [3.8, 4) is 0 Å². The second-order valence-corrected chi connectivity index (χ2v) is 8.27. The Morgan fingerprint density at radius 2 is 1.33 bits per heavy atom. The third-order valence-corrected chi connectivity index (χ3v) is 6.13. The predicted molar refractivity (Wildman–Crippen MR) is 100 cm³/mol. The van der Waals surface area contributed by atoms with Crippen LogP contribution < -0.4 is 5.30 Å². The topological polar surface area (TPSA) is 44.8 Å². The molecule has 0 saturated heterocycles. The van der Waals surface area contributed by atoms with Gasteiger partial charge in [-0.1, -0.05) is 58.2 Å². The lowest BCUT2D eigenvalue weighted by Crippen LogP contribution is -2.26. The molecular weight excluding hydrogens is 323 g/mol. The van der Waals surface area contributed by atoms with Gasteiger partial charge in [0.25, 0.3) is 7.37 Å². The second kappa shape index (κ2) is 12.7. The lowest BCUT2D eigenvalue weighted by atomic mass is 10.4. The first-order chi connectivity index (χ1) is 11.7. The third-order valence-electron chi connectivity index (χ3n) is 3.69. The van der Waals surface area contributed by atoms with E-state index in [1.165, 1.54) is 0 Å². The molecule has 0 saturated carbocycles. The first kappa shape index (κ1) is 21.4. The van der Waals surface area contributed by atoms with E-state index < -0.39 is 13.4 Å². The number of hydrogen-bond donors (Lipinski definition) is 0. The van der Waals surface area contributed by atoms with E-state index in [0.29, 0.717) is 25.1 Å². The summed E-state index contributed by atoms with van der Waals surface area (Å²) in [5.41, 5.74) is 0. The molecule has 24 heavy (non-hydrogen) atoms. The summed E-state index contributed by atoms with van der Waals surface area (Å²) >= 11 is 0. The van der Waals surface area contributed by atoms with Crippen molar-refractivity contribution in [2.24, 2.45) is 0 Å². The Kier molecular flexibility index (Phi) is 11.3. The molecule has 0 spiro atoms. The zero-order chi connectivity index (χ0) is 17.7. The van der Waals surface area contributed by atoms with Crippen LogP contribution in [-0.2, 0) is 18.6 Å². The van der Waals surface area contributed by atoms with E-state index in [1.54, 1.807) is 0 Å². The summed E-state index contributed by atoms with van der Waals surface area (Å²) < 4.78 is 31.3. The molecule has 0 bridgehead atoms. The molecule has 5 heteroatoms. The lowest BCUT2D eigenvalue weighted by molar-refractivity contribution is -0.0967. The van der Waals surface area contributed by atoms with Gasteiger partial charge in [0.1, 0.15) is 0 Å². The molecular formula is C19H33O4P. The van der Waals surface area contributed by atoms with Crippen LogP contribution >= 0.6 is 7.37 Å². The Labute approximate surface area is 147 Å². The van der Waals surface area contributed by atoms with Crippen molar-refractivity contribution in [1.82, 2.24) is 0 Å². The van der Waals surface area contributed by atoms with Gasteiger partial charge in [0.2, 0.25) is 6.03 Å². The molecule has 0 aliphatic heterocycles. The van der Waals surface area contributed by atoms with Crippen LogP contribution in [0.4, 0.5) is 0 Å². The maximum Gasteiger partial charge on any atom is 0.286 e. The molecule has 1 rings (SSSR count). The highest BCUT2D eigenvalue weighted by molar-refractivity contribution is 7.67. The largest absolute Gasteiger partial charge is 0.344 e. The van der Waals surface area contributed by atoms with Crippen LogP contribution in [0.3, 0.4) is 0 Å². The van der Waals surface area contributed by atoms with Crippen molar-refractivity contribution in [2.45, 2.75) is 65.3 Å². The molecule has 1 aromatic carbocycles. The number of benzene rings is 1. The Bertz CT molecular complexity index is 454. The van der Waals surface area contributed by atoms with Gasteiger partial charge in [-0.3, -0.25) is 4.57 Å². The van der Waals surface area contributed by atoms with Crippen molar-refractivity contribution in [1.29, 1.82) is 0 Å². The molecule has 1 aromatic rings. The van der Waals surface area contributed by atoms with Gasteiger partial charge >= 0.3 is 0 Å². The van der Waals surface area contributed by atoms with E-state index in [2.05, 4.69) is 20.8 Å².